The molecule has 136 valence electrons. The van der Waals surface area contributed by atoms with E-state index in [9.17, 15) is 8.42 Å². The van der Waals surface area contributed by atoms with Gasteiger partial charge in [0.05, 0.1) is 18.1 Å². The molecule has 1 atom stereocenters. The molecule has 1 heterocycles. The highest BCUT2D eigenvalue weighted by molar-refractivity contribution is 7.89. The van der Waals surface area contributed by atoms with Crippen LogP contribution in [0.15, 0.2) is 23.1 Å². The van der Waals surface area contributed by atoms with Crippen molar-refractivity contribution >= 4 is 10.0 Å². The largest absolute Gasteiger partial charge is 0.490 e. The molecule has 2 N–H and O–H groups in total. The van der Waals surface area contributed by atoms with E-state index in [1.807, 2.05) is 13.8 Å². The van der Waals surface area contributed by atoms with Crippen LogP contribution in [0.2, 0.25) is 0 Å². The highest BCUT2D eigenvalue weighted by Crippen LogP contribution is 2.32. The SMILES string of the molecule is CCOc1ccc(S(=O)(=O)N2CCCC(CCN)C2)cc1OCC. The molecule has 6 nitrogen and oxygen atoms in total. The Labute approximate surface area is 145 Å². The maximum atomic E-state index is 13.0. The van der Waals surface area contributed by atoms with E-state index in [4.69, 9.17) is 15.2 Å². The number of hydrogen-bond acceptors (Lipinski definition) is 5. The van der Waals surface area contributed by atoms with Crippen LogP contribution >= 0.6 is 0 Å². The van der Waals surface area contributed by atoms with Crippen LogP contribution in [0.5, 0.6) is 11.5 Å². The summed E-state index contributed by atoms with van der Waals surface area (Å²) in [5.74, 6) is 1.38. The topological polar surface area (TPSA) is 81.9 Å². The number of rotatable bonds is 8. The van der Waals surface area contributed by atoms with E-state index >= 15 is 0 Å². The zero-order chi connectivity index (χ0) is 17.6. The molecule has 1 saturated heterocycles. The lowest BCUT2D eigenvalue weighted by molar-refractivity contribution is 0.258. The molecule has 0 radical (unpaired) electrons. The average molecular weight is 356 g/mol. The Morgan fingerprint density at radius 1 is 1.21 bits per heavy atom. The first-order valence-corrected chi connectivity index (χ1v) is 10.1. The number of benzene rings is 1. The maximum Gasteiger partial charge on any atom is 0.243 e. The van der Waals surface area contributed by atoms with Crippen molar-refractivity contribution in [1.29, 1.82) is 0 Å². The fraction of sp³-hybridized carbons (Fsp3) is 0.647. The van der Waals surface area contributed by atoms with Crippen molar-refractivity contribution in [2.24, 2.45) is 11.7 Å². The summed E-state index contributed by atoms with van der Waals surface area (Å²) in [4.78, 5) is 0.253. The summed E-state index contributed by atoms with van der Waals surface area (Å²) in [6, 6.07) is 4.83. The van der Waals surface area contributed by atoms with Crippen LogP contribution in [0.4, 0.5) is 0 Å². The lowest BCUT2D eigenvalue weighted by Gasteiger charge is -2.31. The van der Waals surface area contributed by atoms with Crippen molar-refractivity contribution in [2.75, 3.05) is 32.8 Å². The second-order valence-electron chi connectivity index (χ2n) is 5.92. The maximum absolute atomic E-state index is 13.0. The van der Waals surface area contributed by atoms with Crippen LogP contribution in [0.3, 0.4) is 0 Å². The van der Waals surface area contributed by atoms with Gasteiger partial charge in [-0.25, -0.2) is 8.42 Å². The van der Waals surface area contributed by atoms with Crippen LogP contribution in [0.1, 0.15) is 33.1 Å². The summed E-state index contributed by atoms with van der Waals surface area (Å²) in [5.41, 5.74) is 5.62. The van der Waals surface area contributed by atoms with Gasteiger partial charge in [-0.2, -0.15) is 4.31 Å². The van der Waals surface area contributed by atoms with E-state index in [1.165, 1.54) is 0 Å². The minimum Gasteiger partial charge on any atom is -0.490 e. The molecule has 1 aromatic carbocycles. The third-order valence-corrected chi connectivity index (χ3v) is 6.07. The van der Waals surface area contributed by atoms with Crippen molar-refractivity contribution in [3.8, 4) is 11.5 Å². The first-order valence-electron chi connectivity index (χ1n) is 8.62. The van der Waals surface area contributed by atoms with E-state index in [-0.39, 0.29) is 4.90 Å². The van der Waals surface area contributed by atoms with Gasteiger partial charge in [-0.3, -0.25) is 0 Å². The van der Waals surface area contributed by atoms with Gasteiger partial charge in [0.1, 0.15) is 0 Å². The van der Waals surface area contributed by atoms with Gasteiger partial charge in [-0.15, -0.1) is 0 Å². The number of piperidine rings is 1. The Morgan fingerprint density at radius 3 is 2.58 bits per heavy atom. The average Bonchev–Trinajstić information content (AvgIpc) is 2.57. The molecule has 7 heteroatoms. The Balaban J connectivity index is 2.26. The fourth-order valence-electron chi connectivity index (χ4n) is 3.06. The Kier molecular flexibility index (Phi) is 6.89. The number of sulfonamides is 1. The van der Waals surface area contributed by atoms with Crippen molar-refractivity contribution < 1.29 is 17.9 Å². The van der Waals surface area contributed by atoms with E-state index < -0.39 is 10.0 Å². The van der Waals surface area contributed by atoms with Crippen molar-refractivity contribution in [1.82, 2.24) is 4.31 Å². The number of nitrogens with zero attached hydrogens (tertiary/aromatic N) is 1. The molecular weight excluding hydrogens is 328 g/mol. The van der Waals surface area contributed by atoms with Gasteiger partial charge in [0.15, 0.2) is 11.5 Å². The van der Waals surface area contributed by atoms with Crippen molar-refractivity contribution in [3.63, 3.8) is 0 Å². The number of hydrogen-bond donors (Lipinski definition) is 1. The van der Waals surface area contributed by atoms with Gasteiger partial charge < -0.3 is 15.2 Å². The summed E-state index contributed by atoms with van der Waals surface area (Å²) in [6.07, 6.45) is 2.77. The minimum atomic E-state index is -3.53. The zero-order valence-electron chi connectivity index (χ0n) is 14.5. The van der Waals surface area contributed by atoms with E-state index in [0.717, 1.165) is 19.3 Å². The molecule has 0 bridgehead atoms. The smallest absolute Gasteiger partial charge is 0.243 e. The predicted octanol–water partition coefficient (Wildman–Crippen LogP) is 2.23. The minimum absolute atomic E-state index is 0.253. The van der Waals surface area contributed by atoms with Gasteiger partial charge >= 0.3 is 0 Å². The molecule has 1 aliphatic heterocycles. The molecule has 0 aromatic heterocycles. The number of ether oxygens (including phenoxy) is 2. The predicted molar refractivity (Wildman–Crippen MR) is 93.9 cm³/mol. The summed E-state index contributed by atoms with van der Waals surface area (Å²) >= 11 is 0. The molecule has 0 amide bonds. The molecular formula is C17H28N2O4S. The van der Waals surface area contributed by atoms with Crippen LogP contribution in [-0.2, 0) is 10.0 Å². The second-order valence-corrected chi connectivity index (χ2v) is 7.86. The Bertz CT molecular complexity index is 631. The van der Waals surface area contributed by atoms with Crippen LogP contribution in [0, 0.1) is 5.92 Å². The highest BCUT2D eigenvalue weighted by atomic mass is 32.2. The Morgan fingerprint density at radius 2 is 1.92 bits per heavy atom. The zero-order valence-corrected chi connectivity index (χ0v) is 15.3. The summed E-state index contributed by atoms with van der Waals surface area (Å²) < 4.78 is 38.5. The quantitative estimate of drug-likeness (QED) is 0.772. The monoisotopic (exact) mass is 356 g/mol. The Hall–Kier alpha value is -1.31. The van der Waals surface area contributed by atoms with Crippen LogP contribution in [0.25, 0.3) is 0 Å². The molecule has 1 fully saturated rings. The lowest BCUT2D eigenvalue weighted by atomic mass is 9.96. The highest BCUT2D eigenvalue weighted by Gasteiger charge is 2.30. The van der Waals surface area contributed by atoms with Crippen LogP contribution in [-0.4, -0.2) is 45.6 Å². The van der Waals surface area contributed by atoms with Crippen molar-refractivity contribution in [3.05, 3.63) is 18.2 Å². The van der Waals surface area contributed by atoms with Gasteiger partial charge in [0, 0.05) is 19.2 Å². The lowest BCUT2D eigenvalue weighted by Crippen LogP contribution is -2.40. The normalized spacial score (nSPS) is 19.2. The summed E-state index contributed by atoms with van der Waals surface area (Å²) in [6.45, 7) is 6.38. The van der Waals surface area contributed by atoms with Gasteiger partial charge in [-0.05, 0) is 57.7 Å². The first kappa shape index (κ1) is 19.0. The molecule has 1 aliphatic rings. The summed E-state index contributed by atoms with van der Waals surface area (Å²) in [5, 5.41) is 0. The third-order valence-electron chi connectivity index (χ3n) is 4.21. The summed E-state index contributed by atoms with van der Waals surface area (Å²) in [7, 11) is -3.53. The van der Waals surface area contributed by atoms with E-state index in [0.29, 0.717) is 50.3 Å². The van der Waals surface area contributed by atoms with Gasteiger partial charge in [-0.1, -0.05) is 0 Å². The molecule has 2 rings (SSSR count). The molecule has 1 unspecified atom stereocenters. The van der Waals surface area contributed by atoms with E-state index in [2.05, 4.69) is 0 Å². The standard InChI is InChI=1S/C17H28N2O4S/c1-3-22-16-8-7-15(12-17(16)23-4-2)24(20,21)19-11-5-6-14(13-19)9-10-18/h7-8,12,14H,3-6,9-11,13,18H2,1-2H3. The second kappa shape index (κ2) is 8.69. The first-order chi connectivity index (χ1) is 11.5. The molecule has 1 aromatic rings. The molecule has 0 aliphatic carbocycles. The van der Waals surface area contributed by atoms with Gasteiger partial charge in [0.2, 0.25) is 10.0 Å². The van der Waals surface area contributed by atoms with E-state index in [1.54, 1.807) is 22.5 Å². The molecule has 24 heavy (non-hydrogen) atoms. The molecule has 0 saturated carbocycles. The van der Waals surface area contributed by atoms with Crippen LogP contribution < -0.4 is 15.2 Å². The molecule has 0 spiro atoms. The number of nitrogens with two attached hydrogens (primary N) is 1. The third kappa shape index (κ3) is 4.40. The van der Waals surface area contributed by atoms with Crippen molar-refractivity contribution in [2.45, 2.75) is 38.0 Å². The van der Waals surface area contributed by atoms with Gasteiger partial charge in [0.25, 0.3) is 0 Å². The fourth-order valence-corrected chi connectivity index (χ4v) is 4.63.